The lowest BCUT2D eigenvalue weighted by molar-refractivity contribution is 0.0342. The average Bonchev–Trinajstić information content (AvgIpc) is 2.62. The molecule has 0 aliphatic carbocycles. The summed E-state index contributed by atoms with van der Waals surface area (Å²) in [6, 6.07) is 13.1. The molecule has 0 bridgehead atoms. The number of ether oxygens (including phenoxy) is 1. The number of nitrogens with one attached hydrogen (secondary N) is 1. The minimum atomic E-state index is -3.88. The maximum atomic E-state index is 13.7. The van der Waals surface area contributed by atoms with Gasteiger partial charge in [0.25, 0.3) is 0 Å². The van der Waals surface area contributed by atoms with Crippen LogP contribution in [-0.4, -0.2) is 39.6 Å². The van der Waals surface area contributed by atoms with Gasteiger partial charge in [0.05, 0.1) is 13.2 Å². The van der Waals surface area contributed by atoms with Crippen LogP contribution in [0.4, 0.5) is 4.39 Å². The number of morpholine rings is 1. The van der Waals surface area contributed by atoms with Gasteiger partial charge in [-0.3, -0.25) is 4.90 Å². The first-order chi connectivity index (χ1) is 12.0. The number of hydrogen-bond acceptors (Lipinski definition) is 4. The lowest BCUT2D eigenvalue weighted by Crippen LogP contribution is -2.35. The number of hydrogen-bond donors (Lipinski definition) is 1. The Kier molecular flexibility index (Phi) is 5.80. The smallest absolute Gasteiger partial charge is 0.243 e. The molecule has 0 amide bonds. The molecule has 1 fully saturated rings. The standard InChI is InChI=1S/C18H21FN2O3S/c19-17-6-1-2-7-18(17)25(22,23)20-13-15-4-3-5-16(12-15)14-21-8-10-24-11-9-21/h1-7,12,20H,8-11,13-14H2. The second-order valence-corrected chi connectivity index (χ2v) is 7.70. The van der Waals surface area contributed by atoms with Crippen LogP contribution >= 0.6 is 0 Å². The van der Waals surface area contributed by atoms with Crippen molar-refractivity contribution in [2.24, 2.45) is 0 Å². The Morgan fingerprint density at radius 3 is 2.52 bits per heavy atom. The molecule has 0 radical (unpaired) electrons. The van der Waals surface area contributed by atoms with E-state index in [0.717, 1.165) is 50.0 Å². The van der Waals surface area contributed by atoms with Crippen molar-refractivity contribution in [3.63, 3.8) is 0 Å². The van der Waals surface area contributed by atoms with E-state index >= 15 is 0 Å². The Hall–Kier alpha value is -1.80. The Balaban J connectivity index is 1.65. The third kappa shape index (κ3) is 4.85. The second kappa shape index (κ2) is 8.05. The Bertz CT molecular complexity index is 821. The van der Waals surface area contributed by atoms with Gasteiger partial charge in [0.2, 0.25) is 10.0 Å². The molecule has 3 rings (SSSR count). The highest BCUT2D eigenvalue weighted by molar-refractivity contribution is 7.89. The largest absolute Gasteiger partial charge is 0.379 e. The Morgan fingerprint density at radius 1 is 1.04 bits per heavy atom. The van der Waals surface area contributed by atoms with E-state index in [1.807, 2.05) is 24.3 Å². The van der Waals surface area contributed by atoms with Gasteiger partial charge in [-0.05, 0) is 23.3 Å². The summed E-state index contributed by atoms with van der Waals surface area (Å²) in [5.41, 5.74) is 1.95. The van der Waals surface area contributed by atoms with Crippen LogP contribution in [0.5, 0.6) is 0 Å². The zero-order chi connectivity index (χ0) is 17.7. The average molecular weight is 364 g/mol. The van der Waals surface area contributed by atoms with E-state index < -0.39 is 15.8 Å². The molecule has 1 N–H and O–H groups in total. The highest BCUT2D eigenvalue weighted by Gasteiger charge is 2.18. The number of sulfonamides is 1. The van der Waals surface area contributed by atoms with Crippen LogP contribution in [0.2, 0.25) is 0 Å². The molecule has 5 nitrogen and oxygen atoms in total. The van der Waals surface area contributed by atoms with Crippen molar-refractivity contribution in [2.45, 2.75) is 18.0 Å². The first-order valence-corrected chi connectivity index (χ1v) is 9.65. The van der Waals surface area contributed by atoms with E-state index in [9.17, 15) is 12.8 Å². The SMILES string of the molecule is O=S(=O)(NCc1cccc(CN2CCOCC2)c1)c1ccccc1F. The van der Waals surface area contributed by atoms with Crippen LogP contribution in [0.25, 0.3) is 0 Å². The van der Waals surface area contributed by atoms with Gasteiger partial charge >= 0.3 is 0 Å². The van der Waals surface area contributed by atoms with E-state index in [0.29, 0.717) is 0 Å². The van der Waals surface area contributed by atoms with Crippen molar-refractivity contribution in [2.75, 3.05) is 26.3 Å². The van der Waals surface area contributed by atoms with E-state index in [1.165, 1.54) is 18.2 Å². The summed E-state index contributed by atoms with van der Waals surface area (Å²) in [4.78, 5) is 1.96. The van der Waals surface area contributed by atoms with E-state index in [2.05, 4.69) is 9.62 Å². The molecule has 0 saturated carbocycles. The molecule has 0 atom stereocenters. The third-order valence-electron chi connectivity index (χ3n) is 4.09. The van der Waals surface area contributed by atoms with Crippen LogP contribution in [0, 0.1) is 5.82 Å². The number of halogens is 1. The summed E-state index contributed by atoms with van der Waals surface area (Å²) >= 11 is 0. The van der Waals surface area contributed by atoms with Gasteiger partial charge in [0, 0.05) is 26.2 Å². The topological polar surface area (TPSA) is 58.6 Å². The molecule has 7 heteroatoms. The molecule has 2 aromatic rings. The maximum Gasteiger partial charge on any atom is 0.243 e. The fourth-order valence-electron chi connectivity index (χ4n) is 2.77. The van der Waals surface area contributed by atoms with Gasteiger partial charge in [-0.2, -0.15) is 0 Å². The van der Waals surface area contributed by atoms with Crippen molar-refractivity contribution in [1.82, 2.24) is 9.62 Å². The van der Waals surface area contributed by atoms with Crippen molar-refractivity contribution >= 4 is 10.0 Å². The molecule has 25 heavy (non-hydrogen) atoms. The van der Waals surface area contributed by atoms with Crippen LogP contribution in [0.3, 0.4) is 0 Å². The lowest BCUT2D eigenvalue weighted by Gasteiger charge is -2.26. The van der Waals surface area contributed by atoms with Gasteiger partial charge in [0.15, 0.2) is 0 Å². The molecule has 0 spiro atoms. The van der Waals surface area contributed by atoms with Gasteiger partial charge in [0.1, 0.15) is 10.7 Å². The fourth-order valence-corrected chi connectivity index (χ4v) is 3.87. The van der Waals surface area contributed by atoms with E-state index in [1.54, 1.807) is 0 Å². The number of benzene rings is 2. The second-order valence-electron chi connectivity index (χ2n) is 5.96. The molecule has 0 aromatic heterocycles. The monoisotopic (exact) mass is 364 g/mol. The van der Waals surface area contributed by atoms with Crippen molar-refractivity contribution in [1.29, 1.82) is 0 Å². The Labute approximate surface area is 147 Å². The number of rotatable bonds is 6. The van der Waals surface area contributed by atoms with Crippen LogP contribution in [0.1, 0.15) is 11.1 Å². The molecular formula is C18H21FN2O3S. The molecule has 1 aliphatic heterocycles. The van der Waals surface area contributed by atoms with Crippen molar-refractivity contribution in [3.8, 4) is 0 Å². The summed E-state index contributed by atoms with van der Waals surface area (Å²) < 4.78 is 46.0. The first kappa shape index (κ1) is 18.0. The minimum absolute atomic E-state index is 0.119. The van der Waals surface area contributed by atoms with Crippen LogP contribution in [0.15, 0.2) is 53.4 Å². The van der Waals surface area contributed by atoms with Crippen LogP contribution < -0.4 is 4.72 Å². The summed E-state index contributed by atoms with van der Waals surface area (Å²) in [6.07, 6.45) is 0. The zero-order valence-corrected chi connectivity index (χ0v) is 14.6. The summed E-state index contributed by atoms with van der Waals surface area (Å²) in [5, 5.41) is 0. The summed E-state index contributed by atoms with van der Waals surface area (Å²) in [7, 11) is -3.88. The molecule has 2 aromatic carbocycles. The molecule has 1 aliphatic rings. The molecular weight excluding hydrogens is 343 g/mol. The molecule has 134 valence electrons. The summed E-state index contributed by atoms with van der Waals surface area (Å²) in [5.74, 6) is -0.754. The van der Waals surface area contributed by atoms with Crippen molar-refractivity contribution in [3.05, 3.63) is 65.5 Å². The normalized spacial score (nSPS) is 16.0. The summed E-state index contributed by atoms with van der Waals surface area (Å²) in [6.45, 7) is 4.18. The molecule has 1 saturated heterocycles. The van der Waals surface area contributed by atoms with E-state index in [-0.39, 0.29) is 11.4 Å². The van der Waals surface area contributed by atoms with Gasteiger partial charge in [-0.1, -0.05) is 36.4 Å². The van der Waals surface area contributed by atoms with E-state index in [4.69, 9.17) is 4.74 Å². The fraction of sp³-hybridized carbons (Fsp3) is 0.333. The zero-order valence-electron chi connectivity index (χ0n) is 13.8. The molecule has 1 heterocycles. The Morgan fingerprint density at radius 2 is 1.76 bits per heavy atom. The van der Waals surface area contributed by atoms with Crippen LogP contribution in [-0.2, 0) is 27.8 Å². The number of nitrogens with zero attached hydrogens (tertiary/aromatic N) is 1. The van der Waals surface area contributed by atoms with Gasteiger partial charge in [-0.25, -0.2) is 17.5 Å². The maximum absolute atomic E-state index is 13.7. The predicted molar refractivity (Wildman–Crippen MR) is 93.0 cm³/mol. The minimum Gasteiger partial charge on any atom is -0.379 e. The quantitative estimate of drug-likeness (QED) is 0.853. The van der Waals surface area contributed by atoms with Crippen molar-refractivity contribution < 1.29 is 17.5 Å². The first-order valence-electron chi connectivity index (χ1n) is 8.17. The lowest BCUT2D eigenvalue weighted by atomic mass is 10.1. The molecule has 0 unspecified atom stereocenters. The predicted octanol–water partition coefficient (Wildman–Crippen LogP) is 2.14. The highest BCUT2D eigenvalue weighted by Crippen LogP contribution is 2.15. The third-order valence-corrected chi connectivity index (χ3v) is 5.53. The van der Waals surface area contributed by atoms with Gasteiger partial charge in [-0.15, -0.1) is 0 Å². The van der Waals surface area contributed by atoms with Gasteiger partial charge < -0.3 is 4.74 Å². The highest BCUT2D eigenvalue weighted by atomic mass is 32.2.